The van der Waals surface area contributed by atoms with E-state index in [9.17, 15) is 22.7 Å². The van der Waals surface area contributed by atoms with E-state index in [1.54, 1.807) is 37.1 Å². The van der Waals surface area contributed by atoms with Gasteiger partial charge in [-0.15, -0.1) is 0 Å². The number of ether oxygens (including phenoxy) is 2. The molecule has 0 aromatic heterocycles. The van der Waals surface area contributed by atoms with Crippen LogP contribution in [0, 0.1) is 11.7 Å². The average Bonchev–Trinajstić information content (AvgIpc) is 3.00. The molecular formula is C31H38FN3O6S. The molecular weight excluding hydrogens is 561 g/mol. The Hall–Kier alpha value is -3.67. The SMILES string of the molecule is COc1ccc(CN(C)C[C@@H]2Oc3ccc(NS(=O)(=O)c4ccc(F)cc4)cc3CC(=O)N([C@H](C)CO)C[C@H]2C)cc1. The first-order valence-electron chi connectivity index (χ1n) is 13.8. The molecule has 0 aliphatic carbocycles. The topological polar surface area (TPSA) is 108 Å². The van der Waals surface area contributed by atoms with E-state index < -0.39 is 21.9 Å². The zero-order valence-corrected chi connectivity index (χ0v) is 25.1. The molecule has 11 heteroatoms. The number of hydrogen-bond donors (Lipinski definition) is 2. The van der Waals surface area contributed by atoms with Crippen molar-refractivity contribution in [3.05, 3.63) is 83.7 Å². The Kier molecular flexibility index (Phi) is 10.1. The Labute approximate surface area is 246 Å². The Morgan fingerprint density at radius 3 is 2.48 bits per heavy atom. The van der Waals surface area contributed by atoms with Crippen LogP contribution in [0.3, 0.4) is 0 Å². The number of anilines is 1. The fourth-order valence-electron chi connectivity index (χ4n) is 4.95. The van der Waals surface area contributed by atoms with Gasteiger partial charge < -0.3 is 19.5 Å². The minimum Gasteiger partial charge on any atom is -0.497 e. The average molecular weight is 600 g/mol. The molecule has 0 unspecified atom stereocenters. The fourth-order valence-corrected chi connectivity index (χ4v) is 6.00. The number of halogens is 1. The second-order valence-electron chi connectivity index (χ2n) is 10.8. The van der Waals surface area contributed by atoms with Gasteiger partial charge in [0.05, 0.1) is 31.1 Å². The molecule has 0 spiro atoms. The minimum atomic E-state index is -3.99. The largest absolute Gasteiger partial charge is 0.497 e. The number of nitrogens with zero attached hydrogens (tertiary/aromatic N) is 2. The Bertz CT molecular complexity index is 1470. The van der Waals surface area contributed by atoms with Gasteiger partial charge >= 0.3 is 0 Å². The molecule has 4 rings (SSSR count). The van der Waals surface area contributed by atoms with Crippen LogP contribution >= 0.6 is 0 Å². The van der Waals surface area contributed by atoms with E-state index in [-0.39, 0.29) is 41.5 Å². The van der Waals surface area contributed by atoms with Gasteiger partial charge in [0.1, 0.15) is 23.4 Å². The maximum Gasteiger partial charge on any atom is 0.261 e. The van der Waals surface area contributed by atoms with Crippen molar-refractivity contribution in [1.29, 1.82) is 0 Å². The van der Waals surface area contributed by atoms with E-state index in [0.717, 1.165) is 23.4 Å². The normalized spacial score (nSPS) is 18.4. The molecule has 1 aliphatic heterocycles. The zero-order chi connectivity index (χ0) is 30.4. The van der Waals surface area contributed by atoms with Crippen LogP contribution in [0.5, 0.6) is 11.5 Å². The number of fused-ring (bicyclic) bond motifs is 1. The summed E-state index contributed by atoms with van der Waals surface area (Å²) in [6, 6.07) is 16.8. The van der Waals surface area contributed by atoms with E-state index in [2.05, 4.69) is 9.62 Å². The summed E-state index contributed by atoms with van der Waals surface area (Å²) in [5, 5.41) is 9.89. The molecule has 3 aromatic rings. The van der Waals surface area contributed by atoms with Gasteiger partial charge in [-0.3, -0.25) is 14.4 Å². The molecule has 0 fully saturated rings. The first-order valence-corrected chi connectivity index (χ1v) is 15.3. The van der Waals surface area contributed by atoms with Crippen molar-refractivity contribution in [2.45, 2.75) is 43.9 Å². The summed E-state index contributed by atoms with van der Waals surface area (Å²) in [6.07, 6.45) is -0.347. The van der Waals surface area contributed by atoms with Crippen molar-refractivity contribution in [1.82, 2.24) is 9.80 Å². The second kappa shape index (κ2) is 13.5. The number of carbonyl (C=O) groups is 1. The van der Waals surface area contributed by atoms with Crippen LogP contribution in [0.1, 0.15) is 25.0 Å². The number of likely N-dealkylation sites (N-methyl/N-ethyl adjacent to an activating group) is 1. The van der Waals surface area contributed by atoms with Crippen LogP contribution in [0.2, 0.25) is 0 Å². The van der Waals surface area contributed by atoms with Crippen molar-refractivity contribution in [2.24, 2.45) is 5.92 Å². The van der Waals surface area contributed by atoms with E-state index in [1.807, 2.05) is 38.2 Å². The Balaban J connectivity index is 1.61. The Morgan fingerprint density at radius 1 is 1.14 bits per heavy atom. The van der Waals surface area contributed by atoms with Gasteiger partial charge in [0.2, 0.25) is 5.91 Å². The molecule has 3 atom stereocenters. The van der Waals surface area contributed by atoms with E-state index in [4.69, 9.17) is 9.47 Å². The van der Waals surface area contributed by atoms with Gasteiger partial charge in [-0.05, 0) is 74.1 Å². The lowest BCUT2D eigenvalue weighted by Crippen LogP contribution is -2.47. The van der Waals surface area contributed by atoms with Gasteiger partial charge in [-0.1, -0.05) is 19.1 Å². The molecule has 1 aliphatic rings. The number of sulfonamides is 1. The quantitative estimate of drug-likeness (QED) is 0.364. The van der Waals surface area contributed by atoms with E-state index >= 15 is 0 Å². The molecule has 1 amide bonds. The summed E-state index contributed by atoms with van der Waals surface area (Å²) >= 11 is 0. The highest BCUT2D eigenvalue weighted by Gasteiger charge is 2.31. The lowest BCUT2D eigenvalue weighted by Gasteiger charge is -2.34. The molecule has 226 valence electrons. The van der Waals surface area contributed by atoms with Crippen molar-refractivity contribution in [3.8, 4) is 11.5 Å². The summed E-state index contributed by atoms with van der Waals surface area (Å²) < 4.78 is 53.5. The van der Waals surface area contributed by atoms with Gasteiger partial charge in [0.15, 0.2) is 0 Å². The molecule has 42 heavy (non-hydrogen) atoms. The number of hydrogen-bond acceptors (Lipinski definition) is 7. The number of benzene rings is 3. The maximum atomic E-state index is 13.5. The predicted octanol–water partition coefficient (Wildman–Crippen LogP) is 3.92. The van der Waals surface area contributed by atoms with E-state index in [1.165, 1.54) is 12.1 Å². The van der Waals surface area contributed by atoms with Gasteiger partial charge in [0.25, 0.3) is 10.0 Å². The standard InChI is InChI=1S/C31H38FN3O6S/c1-21-17-35(22(2)20-36)31(37)16-24-15-26(33-42(38,39)28-12-7-25(32)8-13-28)9-14-29(24)41-30(21)19-34(3)18-23-5-10-27(40-4)11-6-23/h5-15,21-22,30,33,36H,16-20H2,1-4H3/t21-,22-,30+/m1/s1. The number of aliphatic hydroxyl groups is 1. The number of methoxy groups -OCH3 is 1. The molecule has 1 heterocycles. The Morgan fingerprint density at radius 2 is 1.83 bits per heavy atom. The lowest BCUT2D eigenvalue weighted by atomic mass is 10.0. The van der Waals surface area contributed by atoms with Crippen LogP contribution < -0.4 is 14.2 Å². The molecule has 0 bridgehead atoms. The lowest BCUT2D eigenvalue weighted by molar-refractivity contribution is -0.134. The third-order valence-electron chi connectivity index (χ3n) is 7.40. The highest BCUT2D eigenvalue weighted by atomic mass is 32.2. The first-order chi connectivity index (χ1) is 20.0. The highest BCUT2D eigenvalue weighted by Crippen LogP contribution is 2.30. The van der Waals surface area contributed by atoms with Gasteiger partial charge in [-0.2, -0.15) is 0 Å². The molecule has 9 nitrogen and oxygen atoms in total. The number of carbonyl (C=O) groups excluding carboxylic acids is 1. The summed E-state index contributed by atoms with van der Waals surface area (Å²) in [5.74, 6) is 0.458. The van der Waals surface area contributed by atoms with Crippen molar-refractivity contribution in [2.75, 3.05) is 38.6 Å². The molecule has 0 saturated heterocycles. The highest BCUT2D eigenvalue weighted by molar-refractivity contribution is 7.92. The van der Waals surface area contributed by atoms with Crippen LogP contribution in [0.15, 0.2) is 71.6 Å². The van der Waals surface area contributed by atoms with Crippen LogP contribution in [-0.2, 0) is 27.8 Å². The fraction of sp³-hybridized carbons (Fsp3) is 0.387. The summed E-state index contributed by atoms with van der Waals surface area (Å²) in [6.45, 7) is 5.24. The number of nitrogens with one attached hydrogen (secondary N) is 1. The predicted molar refractivity (Wildman–Crippen MR) is 159 cm³/mol. The maximum absolute atomic E-state index is 13.5. The zero-order valence-electron chi connectivity index (χ0n) is 24.3. The number of rotatable bonds is 10. The van der Waals surface area contributed by atoms with Crippen molar-refractivity contribution in [3.63, 3.8) is 0 Å². The number of aliphatic hydroxyl groups excluding tert-OH is 1. The molecule has 3 aromatic carbocycles. The summed E-state index contributed by atoms with van der Waals surface area (Å²) in [5.41, 5.74) is 1.88. The third-order valence-corrected chi connectivity index (χ3v) is 8.79. The van der Waals surface area contributed by atoms with Crippen molar-refractivity contribution < 1.29 is 32.2 Å². The minimum absolute atomic E-state index is 0.0348. The molecule has 2 N–H and O–H groups in total. The smallest absolute Gasteiger partial charge is 0.261 e. The molecule has 0 saturated carbocycles. The second-order valence-corrected chi connectivity index (χ2v) is 12.5. The summed E-state index contributed by atoms with van der Waals surface area (Å²) in [4.78, 5) is 17.2. The van der Waals surface area contributed by atoms with Crippen molar-refractivity contribution >= 4 is 21.6 Å². The number of amides is 1. The van der Waals surface area contributed by atoms with Gasteiger partial charge in [-0.25, -0.2) is 12.8 Å². The van der Waals surface area contributed by atoms with Crippen LogP contribution in [-0.4, -0.2) is 75.2 Å². The third kappa shape index (κ3) is 7.78. The van der Waals surface area contributed by atoms with Crippen LogP contribution in [0.4, 0.5) is 10.1 Å². The van der Waals surface area contributed by atoms with Gasteiger partial charge in [0, 0.05) is 36.8 Å². The monoisotopic (exact) mass is 599 g/mol. The van der Waals surface area contributed by atoms with Crippen LogP contribution in [0.25, 0.3) is 0 Å². The van der Waals surface area contributed by atoms with E-state index in [0.29, 0.717) is 30.9 Å². The first kappa shape index (κ1) is 31.3. The summed E-state index contributed by atoms with van der Waals surface area (Å²) in [7, 11) is -0.362. The molecule has 0 radical (unpaired) electrons.